The quantitative estimate of drug-likeness (QED) is 0.388. The summed E-state index contributed by atoms with van der Waals surface area (Å²) in [6.07, 6.45) is 1.46. The standard InChI is InChI=1S/C10H12N2O4S/c1-2-7-11-12-17(15,16)9-6-4-3-5-8(9)10(13)14/h2-6,11-12H,1,7H2,(H,13,14). The summed E-state index contributed by atoms with van der Waals surface area (Å²) >= 11 is 0. The van der Waals surface area contributed by atoms with Crippen LogP contribution in [0, 0.1) is 0 Å². The van der Waals surface area contributed by atoms with Crippen LogP contribution in [0.5, 0.6) is 0 Å². The van der Waals surface area contributed by atoms with Crippen LogP contribution < -0.4 is 10.3 Å². The molecule has 0 aliphatic carbocycles. The summed E-state index contributed by atoms with van der Waals surface area (Å²) < 4.78 is 23.5. The minimum atomic E-state index is -3.90. The number of sulfonamides is 1. The molecule has 0 spiro atoms. The number of hydrogen-bond donors (Lipinski definition) is 3. The number of carboxylic acids is 1. The van der Waals surface area contributed by atoms with Gasteiger partial charge in [-0.2, -0.15) is 0 Å². The maximum Gasteiger partial charge on any atom is 0.337 e. The summed E-state index contributed by atoms with van der Waals surface area (Å²) in [5.74, 6) is -1.30. The highest BCUT2D eigenvalue weighted by Gasteiger charge is 2.20. The number of hydrazine groups is 1. The van der Waals surface area contributed by atoms with Crippen LogP contribution in [-0.4, -0.2) is 26.0 Å². The van der Waals surface area contributed by atoms with E-state index in [1.807, 2.05) is 0 Å². The Morgan fingerprint density at radius 1 is 1.41 bits per heavy atom. The Bertz CT molecular complexity index is 525. The van der Waals surface area contributed by atoms with Gasteiger partial charge in [0.15, 0.2) is 0 Å². The molecule has 0 saturated carbocycles. The molecular weight excluding hydrogens is 244 g/mol. The van der Waals surface area contributed by atoms with E-state index in [2.05, 4.69) is 16.8 Å². The molecule has 3 N–H and O–H groups in total. The number of benzene rings is 1. The van der Waals surface area contributed by atoms with E-state index in [-0.39, 0.29) is 17.0 Å². The average Bonchev–Trinajstić information content (AvgIpc) is 2.29. The van der Waals surface area contributed by atoms with E-state index in [9.17, 15) is 13.2 Å². The maximum absolute atomic E-state index is 11.8. The highest BCUT2D eigenvalue weighted by atomic mass is 32.2. The van der Waals surface area contributed by atoms with Crippen LogP contribution in [0.2, 0.25) is 0 Å². The fourth-order valence-electron chi connectivity index (χ4n) is 1.14. The Hall–Kier alpha value is -1.70. The van der Waals surface area contributed by atoms with Crippen molar-refractivity contribution in [1.29, 1.82) is 0 Å². The normalized spacial score (nSPS) is 11.1. The van der Waals surface area contributed by atoms with E-state index in [0.717, 1.165) is 0 Å². The van der Waals surface area contributed by atoms with E-state index in [4.69, 9.17) is 5.11 Å². The molecule has 0 saturated heterocycles. The topological polar surface area (TPSA) is 95.5 Å². The summed E-state index contributed by atoms with van der Waals surface area (Å²) in [6, 6.07) is 5.36. The number of rotatable bonds is 6. The van der Waals surface area contributed by atoms with E-state index < -0.39 is 16.0 Å². The zero-order chi connectivity index (χ0) is 12.9. The van der Waals surface area contributed by atoms with Crippen molar-refractivity contribution >= 4 is 16.0 Å². The first kappa shape index (κ1) is 13.4. The van der Waals surface area contributed by atoms with Crippen molar-refractivity contribution in [2.45, 2.75) is 4.90 Å². The molecule has 1 rings (SSSR count). The monoisotopic (exact) mass is 256 g/mol. The molecule has 17 heavy (non-hydrogen) atoms. The Labute approximate surface area is 99.0 Å². The number of carboxylic acid groups (broad SMARTS) is 1. The fourth-order valence-corrected chi connectivity index (χ4v) is 2.23. The van der Waals surface area contributed by atoms with Crippen molar-refractivity contribution in [3.05, 3.63) is 42.5 Å². The first-order valence-electron chi connectivity index (χ1n) is 4.67. The van der Waals surface area contributed by atoms with Crippen molar-refractivity contribution in [3.8, 4) is 0 Å². The first-order valence-corrected chi connectivity index (χ1v) is 6.15. The zero-order valence-electron chi connectivity index (χ0n) is 8.88. The lowest BCUT2D eigenvalue weighted by Gasteiger charge is -2.08. The van der Waals surface area contributed by atoms with Crippen LogP contribution in [0.4, 0.5) is 0 Å². The van der Waals surface area contributed by atoms with Gasteiger partial charge in [0, 0.05) is 6.54 Å². The van der Waals surface area contributed by atoms with Gasteiger partial charge in [0.25, 0.3) is 10.0 Å². The molecular formula is C10H12N2O4S. The molecule has 0 atom stereocenters. The third-order valence-corrected chi connectivity index (χ3v) is 3.21. The Kier molecular flexibility index (Phi) is 4.38. The lowest BCUT2D eigenvalue weighted by Crippen LogP contribution is -2.37. The van der Waals surface area contributed by atoms with Crippen LogP contribution >= 0.6 is 0 Å². The van der Waals surface area contributed by atoms with Gasteiger partial charge < -0.3 is 5.11 Å². The molecule has 92 valence electrons. The van der Waals surface area contributed by atoms with E-state index in [0.29, 0.717) is 0 Å². The molecule has 1 aromatic rings. The predicted octanol–water partition coefficient (Wildman–Crippen LogP) is 0.354. The second kappa shape index (κ2) is 5.58. The van der Waals surface area contributed by atoms with E-state index in [1.165, 1.54) is 30.3 Å². The Morgan fingerprint density at radius 3 is 2.65 bits per heavy atom. The van der Waals surface area contributed by atoms with Gasteiger partial charge in [0.05, 0.1) is 10.5 Å². The molecule has 0 aliphatic rings. The summed E-state index contributed by atoms with van der Waals surface area (Å²) in [6.45, 7) is 3.64. The predicted molar refractivity (Wildman–Crippen MR) is 61.9 cm³/mol. The molecule has 0 heterocycles. The van der Waals surface area contributed by atoms with Crippen LogP contribution in [-0.2, 0) is 10.0 Å². The van der Waals surface area contributed by atoms with Crippen molar-refractivity contribution < 1.29 is 18.3 Å². The van der Waals surface area contributed by atoms with Crippen molar-refractivity contribution in [2.24, 2.45) is 0 Å². The average molecular weight is 256 g/mol. The summed E-state index contributed by atoms with van der Waals surface area (Å²) in [5, 5.41) is 8.87. The highest BCUT2D eigenvalue weighted by molar-refractivity contribution is 7.89. The van der Waals surface area contributed by atoms with Crippen LogP contribution in [0.3, 0.4) is 0 Å². The Morgan fingerprint density at radius 2 is 2.06 bits per heavy atom. The second-order valence-corrected chi connectivity index (χ2v) is 4.73. The van der Waals surface area contributed by atoms with Gasteiger partial charge in [-0.05, 0) is 12.1 Å². The third kappa shape index (κ3) is 3.38. The number of aromatic carboxylic acids is 1. The van der Waals surface area contributed by atoms with Crippen LogP contribution in [0.15, 0.2) is 41.8 Å². The molecule has 0 aliphatic heterocycles. The van der Waals surface area contributed by atoms with Gasteiger partial charge in [-0.1, -0.05) is 18.2 Å². The molecule has 0 fully saturated rings. The molecule has 7 heteroatoms. The number of nitrogens with one attached hydrogen (secondary N) is 2. The second-order valence-electron chi connectivity index (χ2n) is 3.08. The smallest absolute Gasteiger partial charge is 0.337 e. The first-order chi connectivity index (χ1) is 7.99. The minimum absolute atomic E-state index is 0.231. The SMILES string of the molecule is C=CCNNS(=O)(=O)c1ccccc1C(=O)O. The number of hydrogen-bond acceptors (Lipinski definition) is 4. The molecule has 6 nitrogen and oxygen atoms in total. The molecule has 1 aromatic carbocycles. The Balaban J connectivity index is 3.06. The highest BCUT2D eigenvalue weighted by Crippen LogP contribution is 2.14. The van der Waals surface area contributed by atoms with E-state index >= 15 is 0 Å². The van der Waals surface area contributed by atoms with Gasteiger partial charge in [-0.3, -0.25) is 0 Å². The van der Waals surface area contributed by atoms with Crippen molar-refractivity contribution in [1.82, 2.24) is 10.3 Å². The number of carbonyl (C=O) groups is 1. The molecule has 0 bridgehead atoms. The van der Waals surface area contributed by atoms with Gasteiger partial charge in [-0.25, -0.2) is 18.6 Å². The molecule has 0 aromatic heterocycles. The van der Waals surface area contributed by atoms with Crippen LogP contribution in [0.25, 0.3) is 0 Å². The fraction of sp³-hybridized carbons (Fsp3) is 0.100. The van der Waals surface area contributed by atoms with Gasteiger partial charge >= 0.3 is 5.97 Å². The maximum atomic E-state index is 11.8. The van der Waals surface area contributed by atoms with Gasteiger partial charge in [0.2, 0.25) is 0 Å². The molecule has 0 amide bonds. The lowest BCUT2D eigenvalue weighted by molar-refractivity contribution is 0.0692. The van der Waals surface area contributed by atoms with Crippen molar-refractivity contribution in [3.63, 3.8) is 0 Å². The largest absolute Gasteiger partial charge is 0.478 e. The van der Waals surface area contributed by atoms with Crippen LogP contribution in [0.1, 0.15) is 10.4 Å². The van der Waals surface area contributed by atoms with E-state index in [1.54, 1.807) is 0 Å². The lowest BCUT2D eigenvalue weighted by atomic mass is 10.2. The summed E-state index contributed by atoms with van der Waals surface area (Å²) in [5.41, 5.74) is 2.11. The molecule has 0 radical (unpaired) electrons. The van der Waals surface area contributed by atoms with Gasteiger partial charge in [0.1, 0.15) is 0 Å². The van der Waals surface area contributed by atoms with Crippen molar-refractivity contribution in [2.75, 3.05) is 6.54 Å². The van der Waals surface area contributed by atoms with Gasteiger partial charge in [-0.15, -0.1) is 11.4 Å². The molecule has 0 unspecified atom stereocenters. The summed E-state index contributed by atoms with van der Waals surface area (Å²) in [7, 11) is -3.90. The zero-order valence-corrected chi connectivity index (χ0v) is 9.70. The third-order valence-electron chi connectivity index (χ3n) is 1.86. The summed E-state index contributed by atoms with van der Waals surface area (Å²) in [4.78, 5) is 12.6. The minimum Gasteiger partial charge on any atom is -0.478 e.